The molecule has 2 aliphatic rings. The first-order chi connectivity index (χ1) is 13.7. The van der Waals surface area contributed by atoms with E-state index in [2.05, 4.69) is 59.3 Å². The molecule has 0 radical (unpaired) electrons. The minimum Gasteiger partial charge on any atom is -0.367 e. The van der Waals surface area contributed by atoms with Gasteiger partial charge in [-0.2, -0.15) is 0 Å². The zero-order chi connectivity index (χ0) is 19.1. The molecule has 3 heterocycles. The molecule has 0 bridgehead atoms. The zero-order valence-corrected chi connectivity index (χ0v) is 16.4. The summed E-state index contributed by atoms with van der Waals surface area (Å²) in [5.74, 6) is 0.909. The molecule has 0 unspecified atom stereocenters. The van der Waals surface area contributed by atoms with E-state index >= 15 is 0 Å². The molecule has 0 saturated carbocycles. The Hall–Kier alpha value is -2.75. The van der Waals surface area contributed by atoms with Gasteiger partial charge in [-0.1, -0.05) is 25.1 Å². The lowest BCUT2D eigenvalue weighted by atomic mass is 9.98. The monoisotopic (exact) mass is 373 g/mol. The van der Waals surface area contributed by atoms with Gasteiger partial charge in [0.05, 0.1) is 0 Å². The Morgan fingerprint density at radius 1 is 1.04 bits per heavy atom. The molecule has 1 fully saturated rings. The molecule has 144 valence electrons. The van der Waals surface area contributed by atoms with Crippen molar-refractivity contribution >= 4 is 22.5 Å². The van der Waals surface area contributed by atoms with Gasteiger partial charge >= 0.3 is 0 Å². The van der Waals surface area contributed by atoms with Crippen LogP contribution in [0.15, 0.2) is 48.5 Å². The second kappa shape index (κ2) is 7.01. The van der Waals surface area contributed by atoms with Crippen LogP contribution < -0.4 is 4.90 Å². The minimum atomic E-state index is 0.180. The summed E-state index contributed by atoms with van der Waals surface area (Å²) in [7, 11) is 0. The van der Waals surface area contributed by atoms with E-state index in [0.717, 1.165) is 62.4 Å². The fourth-order valence-electron chi connectivity index (χ4n) is 4.60. The van der Waals surface area contributed by atoms with Gasteiger partial charge in [-0.3, -0.25) is 4.79 Å². The molecule has 2 aromatic carbocycles. The molecular weight excluding hydrogens is 346 g/mol. The first-order valence-corrected chi connectivity index (χ1v) is 10.4. The van der Waals surface area contributed by atoms with Crippen molar-refractivity contribution in [3.8, 4) is 0 Å². The van der Waals surface area contributed by atoms with E-state index in [4.69, 9.17) is 0 Å². The summed E-state index contributed by atoms with van der Waals surface area (Å²) in [6.07, 6.45) is 3.23. The van der Waals surface area contributed by atoms with E-state index in [-0.39, 0.29) is 5.91 Å². The topological polar surface area (TPSA) is 39.3 Å². The number of nitrogens with zero attached hydrogens (tertiary/aromatic N) is 2. The summed E-state index contributed by atoms with van der Waals surface area (Å²) in [4.78, 5) is 21.1. The average Bonchev–Trinajstić information content (AvgIpc) is 3.11. The summed E-state index contributed by atoms with van der Waals surface area (Å²) >= 11 is 0. The van der Waals surface area contributed by atoms with Crippen molar-refractivity contribution < 1.29 is 4.79 Å². The smallest absolute Gasteiger partial charge is 0.253 e. The van der Waals surface area contributed by atoms with Crippen molar-refractivity contribution in [3.05, 3.63) is 65.4 Å². The summed E-state index contributed by atoms with van der Waals surface area (Å²) < 4.78 is 0. The van der Waals surface area contributed by atoms with Crippen molar-refractivity contribution in [2.45, 2.75) is 32.7 Å². The molecule has 3 aromatic rings. The van der Waals surface area contributed by atoms with E-state index in [9.17, 15) is 4.79 Å². The number of hydrogen-bond donors (Lipinski definition) is 1. The summed E-state index contributed by atoms with van der Waals surface area (Å²) in [6, 6.07) is 16.8. The van der Waals surface area contributed by atoms with Gasteiger partial charge in [-0.15, -0.1) is 0 Å². The van der Waals surface area contributed by atoms with E-state index in [0.29, 0.717) is 0 Å². The van der Waals surface area contributed by atoms with Gasteiger partial charge in [0.15, 0.2) is 0 Å². The quantitative estimate of drug-likeness (QED) is 0.713. The van der Waals surface area contributed by atoms with Crippen LogP contribution in [0.2, 0.25) is 0 Å². The Morgan fingerprint density at radius 3 is 2.61 bits per heavy atom. The Balaban J connectivity index is 1.45. The Kier molecular flexibility index (Phi) is 4.34. The fourth-order valence-corrected chi connectivity index (χ4v) is 4.60. The number of rotatable bonds is 2. The van der Waals surface area contributed by atoms with Crippen LogP contribution in [-0.4, -0.2) is 35.4 Å². The molecule has 0 atom stereocenters. The Bertz CT molecular complexity index is 999. The van der Waals surface area contributed by atoms with Gasteiger partial charge in [0.2, 0.25) is 0 Å². The van der Waals surface area contributed by atoms with Gasteiger partial charge < -0.3 is 14.8 Å². The normalized spacial score (nSPS) is 17.8. The van der Waals surface area contributed by atoms with Crippen LogP contribution in [-0.2, 0) is 13.0 Å². The molecule has 28 heavy (non-hydrogen) atoms. The van der Waals surface area contributed by atoms with Gasteiger partial charge in [0.25, 0.3) is 5.91 Å². The van der Waals surface area contributed by atoms with Crippen molar-refractivity contribution in [3.63, 3.8) is 0 Å². The van der Waals surface area contributed by atoms with Crippen LogP contribution in [0, 0.1) is 5.92 Å². The average molecular weight is 374 g/mol. The lowest BCUT2D eigenvalue weighted by molar-refractivity contribution is 0.0697. The molecule has 0 aliphatic carbocycles. The maximum atomic E-state index is 13.0. The number of carbonyl (C=O) groups is 1. The second-order valence-electron chi connectivity index (χ2n) is 8.32. The highest BCUT2D eigenvalue weighted by atomic mass is 16.2. The van der Waals surface area contributed by atoms with Crippen molar-refractivity contribution in [1.82, 2.24) is 9.88 Å². The van der Waals surface area contributed by atoms with Crippen LogP contribution in [0.1, 0.15) is 41.4 Å². The number of fused-ring (bicyclic) bond motifs is 3. The number of aromatic nitrogens is 1. The fraction of sp³-hybridized carbons (Fsp3) is 0.375. The van der Waals surface area contributed by atoms with Crippen LogP contribution in [0.4, 0.5) is 5.69 Å². The predicted octanol–water partition coefficient (Wildman–Crippen LogP) is 4.60. The number of aromatic amines is 1. The first kappa shape index (κ1) is 17.4. The lowest BCUT2D eigenvalue weighted by Gasteiger charge is -2.30. The Morgan fingerprint density at radius 2 is 1.82 bits per heavy atom. The van der Waals surface area contributed by atoms with Crippen LogP contribution >= 0.6 is 0 Å². The number of hydrogen-bond acceptors (Lipinski definition) is 2. The number of H-pyrrole nitrogens is 1. The molecule has 4 nitrogen and oxygen atoms in total. The number of nitrogens with one attached hydrogen (secondary N) is 1. The molecular formula is C24H27N3O. The number of likely N-dealkylation sites (tertiary alicyclic amines) is 1. The Labute approximate surface area is 166 Å². The minimum absolute atomic E-state index is 0.180. The highest BCUT2D eigenvalue weighted by Crippen LogP contribution is 2.31. The van der Waals surface area contributed by atoms with Crippen LogP contribution in [0.3, 0.4) is 0 Å². The van der Waals surface area contributed by atoms with Crippen LogP contribution in [0.5, 0.6) is 0 Å². The number of carbonyl (C=O) groups excluding carboxylic acids is 1. The van der Waals surface area contributed by atoms with E-state index < -0.39 is 0 Å². The van der Waals surface area contributed by atoms with E-state index in [1.807, 2.05) is 11.0 Å². The van der Waals surface area contributed by atoms with Crippen molar-refractivity contribution in [1.29, 1.82) is 0 Å². The number of piperidine rings is 1. The molecule has 1 amide bonds. The summed E-state index contributed by atoms with van der Waals surface area (Å²) in [5.41, 5.74) is 5.88. The highest BCUT2D eigenvalue weighted by molar-refractivity contribution is 5.99. The van der Waals surface area contributed by atoms with Gasteiger partial charge in [-0.25, -0.2) is 0 Å². The zero-order valence-electron chi connectivity index (χ0n) is 16.4. The molecule has 2 aliphatic heterocycles. The van der Waals surface area contributed by atoms with Gasteiger partial charge in [-0.05, 0) is 49.1 Å². The standard InChI is InChI=1S/C24H27N3O/c1-17-9-12-26(13-10-17)24(28)18-7-8-22-20(15-18)21-16-27(14-11-23(21)25-22)19-5-3-2-4-6-19/h2-8,15,17,25H,9-14,16H2,1H3. The maximum absolute atomic E-state index is 13.0. The summed E-state index contributed by atoms with van der Waals surface area (Å²) in [6.45, 7) is 5.94. The highest BCUT2D eigenvalue weighted by Gasteiger charge is 2.24. The second-order valence-corrected chi connectivity index (χ2v) is 8.32. The SMILES string of the molecule is CC1CCN(C(=O)c2ccc3[nH]c4c(c3c2)CN(c2ccccc2)CC4)CC1. The third kappa shape index (κ3) is 3.07. The van der Waals surface area contributed by atoms with Crippen molar-refractivity contribution in [2.75, 3.05) is 24.5 Å². The van der Waals surface area contributed by atoms with Gasteiger partial charge in [0.1, 0.15) is 0 Å². The molecule has 1 N–H and O–H groups in total. The number of para-hydroxylation sites is 1. The molecule has 0 spiro atoms. The maximum Gasteiger partial charge on any atom is 0.253 e. The third-order valence-corrected chi connectivity index (χ3v) is 6.41. The molecule has 1 saturated heterocycles. The predicted molar refractivity (Wildman–Crippen MR) is 114 cm³/mol. The first-order valence-electron chi connectivity index (χ1n) is 10.4. The third-order valence-electron chi connectivity index (χ3n) is 6.41. The number of amides is 1. The molecule has 5 rings (SSSR count). The lowest BCUT2D eigenvalue weighted by Crippen LogP contribution is -2.37. The van der Waals surface area contributed by atoms with Crippen molar-refractivity contribution in [2.24, 2.45) is 5.92 Å². The molecule has 4 heteroatoms. The number of benzene rings is 2. The summed E-state index contributed by atoms with van der Waals surface area (Å²) in [5, 5.41) is 1.20. The molecule has 1 aromatic heterocycles. The van der Waals surface area contributed by atoms with Gasteiger partial charge in [0, 0.05) is 66.0 Å². The largest absolute Gasteiger partial charge is 0.367 e. The van der Waals surface area contributed by atoms with Crippen LogP contribution in [0.25, 0.3) is 10.9 Å². The van der Waals surface area contributed by atoms with E-state index in [1.54, 1.807) is 0 Å². The number of anilines is 1. The van der Waals surface area contributed by atoms with E-state index in [1.165, 1.54) is 22.3 Å².